The Morgan fingerprint density at radius 3 is 2.70 bits per heavy atom. The van der Waals surface area contributed by atoms with Crippen molar-refractivity contribution >= 4 is 29.2 Å². The fourth-order valence-electron chi connectivity index (χ4n) is 2.49. The molecule has 2 N–H and O–H groups in total. The van der Waals surface area contributed by atoms with E-state index in [1.54, 1.807) is 6.07 Å². The molecule has 2 atom stereocenters. The Bertz CT molecular complexity index is 595. The van der Waals surface area contributed by atoms with Gasteiger partial charge in [-0.1, -0.05) is 18.0 Å². The molecule has 0 radical (unpaired) electrons. The van der Waals surface area contributed by atoms with Crippen LogP contribution in [-0.4, -0.2) is 17.0 Å². The van der Waals surface area contributed by atoms with Gasteiger partial charge in [-0.15, -0.1) is 0 Å². The van der Waals surface area contributed by atoms with Gasteiger partial charge in [0.25, 0.3) is 0 Å². The number of hydrogen-bond acceptors (Lipinski definition) is 3. The third kappa shape index (κ3) is 2.91. The summed E-state index contributed by atoms with van der Waals surface area (Å²) in [7, 11) is 0. The normalized spacial score (nSPS) is 21.2. The fourth-order valence-corrected chi connectivity index (χ4v) is 2.65. The summed E-state index contributed by atoms with van der Waals surface area (Å²) in [6.07, 6.45) is 1.79. The molecule has 1 fully saturated rings. The van der Waals surface area contributed by atoms with Gasteiger partial charge in [0.2, 0.25) is 5.91 Å². The Hall–Kier alpha value is -2.06. The minimum absolute atomic E-state index is 0.322. The minimum atomic E-state index is -0.945. The summed E-state index contributed by atoms with van der Waals surface area (Å²) in [5, 5.41) is 20.9. The van der Waals surface area contributed by atoms with Gasteiger partial charge in [-0.3, -0.25) is 9.59 Å². The van der Waals surface area contributed by atoms with Gasteiger partial charge in [-0.25, -0.2) is 0 Å². The predicted octanol–water partition coefficient (Wildman–Crippen LogP) is 2.65. The lowest BCUT2D eigenvalue weighted by atomic mass is 9.95. The van der Waals surface area contributed by atoms with Crippen molar-refractivity contribution in [3.8, 4) is 6.07 Å². The van der Waals surface area contributed by atoms with Crippen LogP contribution in [0, 0.1) is 23.2 Å². The number of carbonyl (C=O) groups excluding carboxylic acids is 1. The van der Waals surface area contributed by atoms with E-state index in [9.17, 15) is 9.59 Å². The van der Waals surface area contributed by atoms with Crippen LogP contribution < -0.4 is 5.32 Å². The van der Waals surface area contributed by atoms with Crippen molar-refractivity contribution in [3.63, 3.8) is 0 Å². The molecule has 104 valence electrons. The number of hydrogen-bond donors (Lipinski definition) is 2. The Labute approximate surface area is 121 Å². The number of carboxylic acid groups (broad SMARTS) is 1. The number of aliphatic carboxylic acids is 1. The Kier molecular flexibility index (Phi) is 4.26. The zero-order valence-electron chi connectivity index (χ0n) is 10.6. The van der Waals surface area contributed by atoms with Crippen LogP contribution in [0.4, 0.5) is 5.69 Å². The van der Waals surface area contributed by atoms with Gasteiger partial charge in [-0.05, 0) is 31.0 Å². The van der Waals surface area contributed by atoms with Crippen LogP contribution in [0.1, 0.15) is 24.8 Å². The monoisotopic (exact) mass is 292 g/mol. The number of nitrogens with zero attached hydrogens (tertiary/aromatic N) is 1. The number of amides is 1. The molecule has 1 aromatic carbocycles. The number of carbonyl (C=O) groups is 2. The molecule has 1 saturated carbocycles. The maximum atomic E-state index is 12.2. The summed E-state index contributed by atoms with van der Waals surface area (Å²) >= 11 is 5.96. The van der Waals surface area contributed by atoms with Crippen LogP contribution in [0.5, 0.6) is 0 Å². The average Bonchev–Trinajstić information content (AvgIpc) is 2.90. The molecule has 1 aromatic rings. The molecular weight excluding hydrogens is 280 g/mol. The molecule has 0 spiro atoms. The van der Waals surface area contributed by atoms with Gasteiger partial charge in [0.1, 0.15) is 0 Å². The van der Waals surface area contributed by atoms with Crippen molar-refractivity contribution in [2.75, 3.05) is 5.32 Å². The number of benzene rings is 1. The molecule has 0 aromatic heterocycles. The molecule has 1 aliphatic carbocycles. The second kappa shape index (κ2) is 5.93. The van der Waals surface area contributed by atoms with Crippen molar-refractivity contribution in [2.24, 2.45) is 11.8 Å². The largest absolute Gasteiger partial charge is 0.481 e. The zero-order valence-corrected chi connectivity index (χ0v) is 11.4. The van der Waals surface area contributed by atoms with Crippen molar-refractivity contribution in [1.82, 2.24) is 0 Å². The Balaban J connectivity index is 2.16. The van der Waals surface area contributed by atoms with Crippen LogP contribution in [0.15, 0.2) is 18.2 Å². The molecule has 20 heavy (non-hydrogen) atoms. The number of carboxylic acids is 1. The van der Waals surface area contributed by atoms with E-state index in [-0.39, 0.29) is 5.91 Å². The first-order valence-electron chi connectivity index (χ1n) is 6.26. The molecule has 0 heterocycles. The van der Waals surface area contributed by atoms with E-state index in [1.165, 1.54) is 12.1 Å². The summed E-state index contributed by atoms with van der Waals surface area (Å²) in [5.41, 5.74) is 0.720. The highest BCUT2D eigenvalue weighted by Gasteiger charge is 2.37. The second-order valence-corrected chi connectivity index (χ2v) is 5.19. The van der Waals surface area contributed by atoms with Crippen molar-refractivity contribution in [2.45, 2.75) is 19.3 Å². The maximum Gasteiger partial charge on any atom is 0.307 e. The molecule has 0 aliphatic heterocycles. The van der Waals surface area contributed by atoms with Crippen molar-refractivity contribution in [1.29, 1.82) is 5.26 Å². The summed E-state index contributed by atoms with van der Waals surface area (Å²) in [4.78, 5) is 23.3. The van der Waals surface area contributed by atoms with Crippen LogP contribution >= 0.6 is 11.6 Å². The van der Waals surface area contributed by atoms with E-state index in [2.05, 4.69) is 5.32 Å². The van der Waals surface area contributed by atoms with E-state index >= 15 is 0 Å². The number of halogens is 1. The Morgan fingerprint density at radius 1 is 1.35 bits per heavy atom. The number of nitriles is 1. The van der Waals surface area contributed by atoms with E-state index in [4.69, 9.17) is 22.0 Å². The van der Waals surface area contributed by atoms with Gasteiger partial charge in [0.05, 0.1) is 34.2 Å². The standard InChI is InChI=1S/C14H13ClN2O3/c15-11-5-4-8(7-16)6-12(11)17-13(18)9-2-1-3-10(9)14(19)20/h4-6,9-10H,1-3H2,(H,17,18)(H,19,20)/t9-,10+/m1/s1. The van der Waals surface area contributed by atoms with E-state index < -0.39 is 17.8 Å². The summed E-state index contributed by atoms with van der Waals surface area (Å²) in [6.45, 7) is 0. The van der Waals surface area contributed by atoms with Gasteiger partial charge < -0.3 is 10.4 Å². The zero-order chi connectivity index (χ0) is 14.7. The van der Waals surface area contributed by atoms with Gasteiger partial charge in [0.15, 0.2) is 0 Å². The lowest BCUT2D eigenvalue weighted by Crippen LogP contribution is -2.30. The molecular formula is C14H13ClN2O3. The molecule has 1 amide bonds. The SMILES string of the molecule is N#Cc1ccc(Cl)c(NC(=O)[C@@H]2CCC[C@@H]2C(=O)O)c1. The first kappa shape index (κ1) is 14.4. The van der Waals surface area contributed by atoms with Crippen molar-refractivity contribution in [3.05, 3.63) is 28.8 Å². The van der Waals surface area contributed by atoms with Crippen LogP contribution in [-0.2, 0) is 9.59 Å². The summed E-state index contributed by atoms with van der Waals surface area (Å²) in [5.74, 6) is -2.49. The smallest absolute Gasteiger partial charge is 0.307 e. The van der Waals surface area contributed by atoms with Gasteiger partial charge in [-0.2, -0.15) is 5.26 Å². The summed E-state index contributed by atoms with van der Waals surface area (Å²) < 4.78 is 0. The van der Waals surface area contributed by atoms with E-state index in [1.807, 2.05) is 6.07 Å². The number of anilines is 1. The third-order valence-corrected chi connectivity index (χ3v) is 3.85. The minimum Gasteiger partial charge on any atom is -0.481 e. The first-order chi connectivity index (χ1) is 9.52. The quantitative estimate of drug-likeness (QED) is 0.896. The molecule has 1 aliphatic rings. The van der Waals surface area contributed by atoms with Crippen LogP contribution in [0.2, 0.25) is 5.02 Å². The molecule has 5 nitrogen and oxygen atoms in total. The highest BCUT2D eigenvalue weighted by molar-refractivity contribution is 6.33. The summed E-state index contributed by atoms with van der Waals surface area (Å²) in [6, 6.07) is 6.51. The van der Waals surface area contributed by atoms with Gasteiger partial charge in [0, 0.05) is 0 Å². The predicted molar refractivity (Wildman–Crippen MR) is 73.3 cm³/mol. The third-order valence-electron chi connectivity index (χ3n) is 3.52. The molecule has 0 bridgehead atoms. The molecule has 0 saturated heterocycles. The lowest BCUT2D eigenvalue weighted by molar-refractivity contribution is -0.145. The van der Waals surface area contributed by atoms with Crippen molar-refractivity contribution < 1.29 is 14.7 Å². The van der Waals surface area contributed by atoms with Crippen LogP contribution in [0.25, 0.3) is 0 Å². The highest BCUT2D eigenvalue weighted by atomic mass is 35.5. The average molecular weight is 293 g/mol. The second-order valence-electron chi connectivity index (χ2n) is 4.78. The topological polar surface area (TPSA) is 90.2 Å². The maximum absolute atomic E-state index is 12.2. The lowest BCUT2D eigenvalue weighted by Gasteiger charge is -2.16. The van der Waals surface area contributed by atoms with E-state index in [0.717, 1.165) is 6.42 Å². The first-order valence-corrected chi connectivity index (χ1v) is 6.64. The Morgan fingerprint density at radius 2 is 2.05 bits per heavy atom. The van der Waals surface area contributed by atoms with Gasteiger partial charge >= 0.3 is 5.97 Å². The molecule has 2 rings (SSSR count). The number of rotatable bonds is 3. The highest BCUT2D eigenvalue weighted by Crippen LogP contribution is 2.33. The fraction of sp³-hybridized carbons (Fsp3) is 0.357. The molecule has 0 unspecified atom stereocenters. The molecule has 6 heteroatoms. The van der Waals surface area contributed by atoms with E-state index in [0.29, 0.717) is 29.1 Å². The van der Waals surface area contributed by atoms with Crippen LogP contribution in [0.3, 0.4) is 0 Å². The number of nitrogens with one attached hydrogen (secondary N) is 1.